The number of amides is 1. The number of ether oxygens (including phenoxy) is 2. The van der Waals surface area contributed by atoms with E-state index in [1.807, 2.05) is 60.7 Å². The first-order valence-electron chi connectivity index (χ1n) is 14.6. The van der Waals surface area contributed by atoms with Crippen molar-refractivity contribution in [2.45, 2.75) is 45.1 Å². The second kappa shape index (κ2) is 13.9. The second-order valence-electron chi connectivity index (χ2n) is 11.1. The molecule has 10 heteroatoms. The molecule has 0 bridgehead atoms. The Morgan fingerprint density at radius 1 is 0.933 bits per heavy atom. The molecule has 0 radical (unpaired) electrons. The first-order valence-corrected chi connectivity index (χ1v) is 15.4. The van der Waals surface area contributed by atoms with Crippen molar-refractivity contribution in [3.05, 3.63) is 142 Å². The summed E-state index contributed by atoms with van der Waals surface area (Å²) in [5.74, 6) is -0.217. The number of carbonyl (C=O) groups is 1. The van der Waals surface area contributed by atoms with E-state index in [1.165, 1.54) is 0 Å². The lowest BCUT2D eigenvalue weighted by molar-refractivity contribution is -0.276. The van der Waals surface area contributed by atoms with Crippen LogP contribution in [0.3, 0.4) is 0 Å². The number of benzene rings is 3. The first kappa shape index (κ1) is 31.0. The number of hydrogen-bond acceptors (Lipinski definition) is 6. The van der Waals surface area contributed by atoms with Gasteiger partial charge in [-0.25, -0.2) is 4.98 Å². The fraction of sp³-hybridized carbons (Fsp3) is 0.229. The Hall–Kier alpha value is -4.05. The third-order valence-corrected chi connectivity index (χ3v) is 8.80. The van der Waals surface area contributed by atoms with Gasteiger partial charge in [0, 0.05) is 30.4 Å². The Morgan fingerprint density at radius 3 is 2.42 bits per heavy atom. The fourth-order valence-corrected chi connectivity index (χ4v) is 5.81. The number of imidazole rings is 1. The molecule has 0 unspecified atom stereocenters. The summed E-state index contributed by atoms with van der Waals surface area (Å²) in [5, 5.41) is 13.1. The van der Waals surface area contributed by atoms with Gasteiger partial charge >= 0.3 is 0 Å². The highest BCUT2D eigenvalue weighted by atomic mass is 35.5. The number of aromatic nitrogens is 3. The molecular formula is C35H32Cl2N4O4. The lowest BCUT2D eigenvalue weighted by Crippen LogP contribution is -2.39. The second-order valence-corrected chi connectivity index (χ2v) is 11.8. The van der Waals surface area contributed by atoms with Crippen molar-refractivity contribution < 1.29 is 19.4 Å². The molecule has 6 rings (SSSR count). The van der Waals surface area contributed by atoms with Crippen molar-refractivity contribution in [3.8, 4) is 11.1 Å². The quantitative estimate of drug-likeness (QED) is 0.177. The van der Waals surface area contributed by atoms with Crippen LogP contribution in [-0.2, 0) is 29.2 Å². The first-order chi connectivity index (χ1) is 21.9. The van der Waals surface area contributed by atoms with Gasteiger partial charge < -0.3 is 24.5 Å². The number of carbonyl (C=O) groups excluding carboxylic acids is 1. The summed E-state index contributed by atoms with van der Waals surface area (Å²) in [6, 6.07) is 27.4. The van der Waals surface area contributed by atoms with Crippen molar-refractivity contribution in [2.75, 3.05) is 0 Å². The summed E-state index contributed by atoms with van der Waals surface area (Å²) >= 11 is 12.6. The van der Waals surface area contributed by atoms with Crippen molar-refractivity contribution >= 4 is 29.1 Å². The molecule has 1 aliphatic heterocycles. The largest absolute Gasteiger partial charge is 0.392 e. The Morgan fingerprint density at radius 2 is 1.71 bits per heavy atom. The Bertz CT molecular complexity index is 1760. The molecule has 0 spiro atoms. The number of aliphatic hydroxyl groups is 1. The highest BCUT2D eigenvalue weighted by Crippen LogP contribution is 2.43. The van der Waals surface area contributed by atoms with Gasteiger partial charge in [-0.2, -0.15) is 0 Å². The van der Waals surface area contributed by atoms with Crippen LogP contribution in [0.15, 0.2) is 104 Å². The lowest BCUT2D eigenvalue weighted by Gasteiger charge is -2.41. The smallest absolute Gasteiger partial charge is 0.253 e. The van der Waals surface area contributed by atoms with Gasteiger partial charge in [-0.1, -0.05) is 90.8 Å². The number of nitrogens with zero attached hydrogens (tertiary/aromatic N) is 3. The fourth-order valence-electron chi connectivity index (χ4n) is 5.50. The van der Waals surface area contributed by atoms with Gasteiger partial charge in [0.25, 0.3) is 5.91 Å². The molecule has 230 valence electrons. The van der Waals surface area contributed by atoms with Crippen molar-refractivity contribution in [3.63, 3.8) is 0 Å². The van der Waals surface area contributed by atoms with Gasteiger partial charge in [-0.3, -0.25) is 9.78 Å². The number of hydrogen-bond donors (Lipinski definition) is 2. The molecule has 2 aromatic heterocycles. The van der Waals surface area contributed by atoms with E-state index in [0.717, 1.165) is 33.4 Å². The van der Waals surface area contributed by atoms with E-state index in [4.69, 9.17) is 32.7 Å². The predicted octanol–water partition coefficient (Wildman–Crippen LogP) is 7.17. The van der Waals surface area contributed by atoms with E-state index in [9.17, 15) is 9.90 Å². The molecule has 1 aliphatic rings. The summed E-state index contributed by atoms with van der Waals surface area (Å²) in [7, 11) is 0. The van der Waals surface area contributed by atoms with Crippen molar-refractivity contribution in [1.29, 1.82) is 0 Å². The molecule has 45 heavy (non-hydrogen) atoms. The lowest BCUT2D eigenvalue weighted by atomic mass is 9.90. The molecule has 5 aromatic rings. The summed E-state index contributed by atoms with van der Waals surface area (Å²) in [4.78, 5) is 20.7. The van der Waals surface area contributed by atoms with Gasteiger partial charge in [-0.15, -0.1) is 0 Å². The number of nitrogens with one attached hydrogen (secondary N) is 1. The number of pyridine rings is 1. The maximum atomic E-state index is 12.5. The third-order valence-electron chi connectivity index (χ3n) is 8.03. The van der Waals surface area contributed by atoms with Gasteiger partial charge in [0.15, 0.2) is 11.4 Å². The van der Waals surface area contributed by atoms with E-state index in [-0.39, 0.29) is 35.8 Å². The minimum atomic E-state index is -0.659. The van der Waals surface area contributed by atoms with E-state index < -0.39 is 6.29 Å². The monoisotopic (exact) mass is 642 g/mol. The zero-order chi connectivity index (χ0) is 31.3. The average Bonchev–Trinajstić information content (AvgIpc) is 3.41. The van der Waals surface area contributed by atoms with Crippen LogP contribution < -0.4 is 5.32 Å². The van der Waals surface area contributed by atoms with Crippen LogP contribution in [-0.4, -0.2) is 31.7 Å². The Balaban J connectivity index is 1.25. The SMILES string of the molecule is C[C@H]1[C@@H](Cn2cnc(Cl)c2Cl)O[C@@H](c2cccc(-c3cccc(CNC(=O)c4cccnc4)c3)c2)O[C@H]1c1ccc(CO)cc1. The van der Waals surface area contributed by atoms with Crippen LogP contribution in [0.25, 0.3) is 11.1 Å². The van der Waals surface area contributed by atoms with Crippen LogP contribution in [0.4, 0.5) is 0 Å². The molecule has 8 nitrogen and oxygen atoms in total. The van der Waals surface area contributed by atoms with Gasteiger partial charge in [0.05, 0.1) is 37.3 Å². The summed E-state index contributed by atoms with van der Waals surface area (Å²) < 4.78 is 15.0. The molecule has 1 fully saturated rings. The molecule has 3 aromatic carbocycles. The van der Waals surface area contributed by atoms with Crippen LogP contribution in [0.2, 0.25) is 10.3 Å². The normalized spacial score (nSPS) is 19.7. The maximum Gasteiger partial charge on any atom is 0.253 e. The molecule has 1 saturated heterocycles. The number of rotatable bonds is 9. The van der Waals surface area contributed by atoms with Crippen molar-refractivity contribution in [1.82, 2.24) is 19.9 Å². The van der Waals surface area contributed by atoms with E-state index >= 15 is 0 Å². The predicted molar refractivity (Wildman–Crippen MR) is 173 cm³/mol. The van der Waals surface area contributed by atoms with Crippen LogP contribution in [0.1, 0.15) is 51.9 Å². The molecular weight excluding hydrogens is 611 g/mol. The van der Waals surface area contributed by atoms with E-state index in [2.05, 4.69) is 34.3 Å². The minimum Gasteiger partial charge on any atom is -0.392 e. The van der Waals surface area contributed by atoms with Crippen molar-refractivity contribution in [2.24, 2.45) is 5.92 Å². The molecule has 1 amide bonds. The van der Waals surface area contributed by atoms with E-state index in [0.29, 0.717) is 23.8 Å². The topological polar surface area (TPSA) is 98.5 Å². The Kier molecular flexibility index (Phi) is 9.59. The summed E-state index contributed by atoms with van der Waals surface area (Å²) in [5.41, 5.74) is 6.17. The molecule has 0 aliphatic carbocycles. The standard InChI is InChI=1S/C35H32Cl2N4O4/c1-22-30(19-41-21-40-32(36)33(41)37)44-35(45-31(22)25-12-10-23(20-42)11-13-25)28-8-3-7-27(16-28)26-6-2-5-24(15-26)17-39-34(43)29-9-4-14-38-18-29/h2-16,18,21-22,30-31,35,42H,17,19-20H2,1H3,(H,39,43)/t22-,30+,31+,35+/m0/s1. The van der Waals surface area contributed by atoms with Crippen LogP contribution in [0.5, 0.6) is 0 Å². The zero-order valence-electron chi connectivity index (χ0n) is 24.5. The molecule has 3 heterocycles. The molecule has 4 atom stereocenters. The maximum absolute atomic E-state index is 12.5. The van der Waals surface area contributed by atoms with Gasteiger partial charge in [-0.05, 0) is 52.1 Å². The van der Waals surface area contributed by atoms with E-state index in [1.54, 1.807) is 35.4 Å². The summed E-state index contributed by atoms with van der Waals surface area (Å²) in [6.45, 7) is 2.89. The number of aliphatic hydroxyl groups excluding tert-OH is 1. The molecule has 2 N–H and O–H groups in total. The minimum absolute atomic E-state index is 0.0273. The summed E-state index contributed by atoms with van der Waals surface area (Å²) in [6.07, 6.45) is 3.58. The zero-order valence-corrected chi connectivity index (χ0v) is 26.0. The highest BCUT2D eigenvalue weighted by Gasteiger charge is 2.39. The molecule has 0 saturated carbocycles. The van der Waals surface area contributed by atoms with Gasteiger partial charge in [0.2, 0.25) is 0 Å². The van der Waals surface area contributed by atoms with Crippen LogP contribution >= 0.6 is 23.2 Å². The van der Waals surface area contributed by atoms with Gasteiger partial charge in [0.1, 0.15) is 5.15 Å². The number of halogens is 2. The average molecular weight is 644 g/mol. The highest BCUT2D eigenvalue weighted by molar-refractivity contribution is 6.40. The third kappa shape index (κ3) is 7.11. The van der Waals surface area contributed by atoms with Crippen LogP contribution in [0, 0.1) is 5.92 Å². The Labute approximate surface area is 271 Å².